The van der Waals surface area contributed by atoms with Gasteiger partial charge in [-0.1, -0.05) is 23.2 Å². The van der Waals surface area contributed by atoms with E-state index in [-0.39, 0.29) is 12.5 Å². The molecule has 0 spiro atoms. The highest BCUT2D eigenvalue weighted by Crippen LogP contribution is 2.21. The zero-order chi connectivity index (χ0) is 17.1. The highest BCUT2D eigenvalue weighted by molar-refractivity contribution is 7.15. The molecule has 0 unspecified atom stereocenters. The van der Waals surface area contributed by atoms with Crippen molar-refractivity contribution in [2.45, 2.75) is 6.92 Å². The second-order valence-electron chi connectivity index (χ2n) is 4.84. The fourth-order valence-corrected chi connectivity index (χ4v) is 3.23. The zero-order valence-corrected chi connectivity index (χ0v) is 14.8. The van der Waals surface area contributed by atoms with Gasteiger partial charge in [0.25, 0.3) is 5.91 Å². The summed E-state index contributed by atoms with van der Waals surface area (Å²) in [4.78, 5) is 16.7. The van der Waals surface area contributed by atoms with Crippen LogP contribution < -0.4 is 10.2 Å². The Morgan fingerprint density at radius 3 is 3.12 bits per heavy atom. The minimum Gasteiger partial charge on any atom is -0.483 e. The molecule has 6 nitrogen and oxygen atoms in total. The molecule has 2 heterocycles. The lowest BCUT2D eigenvalue weighted by Gasteiger charge is -2.08. The van der Waals surface area contributed by atoms with Crippen LogP contribution in [0.3, 0.4) is 0 Å². The lowest BCUT2D eigenvalue weighted by atomic mass is 10.2. The average molecular weight is 383 g/mol. The number of carbonyl (C=O) groups is 1. The van der Waals surface area contributed by atoms with Crippen molar-refractivity contribution in [3.63, 3.8) is 0 Å². The summed E-state index contributed by atoms with van der Waals surface area (Å²) in [5.74, 6) is 0.208. The Balaban J connectivity index is 1.57. The first kappa shape index (κ1) is 16.8. The molecule has 3 rings (SSSR count). The molecule has 0 aliphatic heterocycles. The first-order valence-corrected chi connectivity index (χ1v) is 8.50. The molecule has 0 saturated carbocycles. The van der Waals surface area contributed by atoms with E-state index in [1.807, 2.05) is 18.5 Å². The number of aromatic nitrogens is 2. The molecule has 24 heavy (non-hydrogen) atoms. The molecule has 9 heteroatoms. The van der Waals surface area contributed by atoms with Crippen LogP contribution in [-0.4, -0.2) is 28.1 Å². The number of hydrogen-bond acceptors (Lipinski definition) is 5. The maximum atomic E-state index is 11.8. The molecule has 0 aliphatic carbocycles. The van der Waals surface area contributed by atoms with Gasteiger partial charge in [0, 0.05) is 16.6 Å². The van der Waals surface area contributed by atoms with Crippen molar-refractivity contribution in [1.82, 2.24) is 14.8 Å². The highest BCUT2D eigenvalue weighted by atomic mass is 35.5. The number of hydrogen-bond donors (Lipinski definition) is 1. The Morgan fingerprint density at radius 2 is 2.33 bits per heavy atom. The quantitative estimate of drug-likeness (QED) is 0.541. The molecule has 0 aliphatic rings. The maximum Gasteiger partial charge on any atom is 0.277 e. The Labute approximate surface area is 151 Å². The van der Waals surface area contributed by atoms with Gasteiger partial charge in [0.15, 0.2) is 16.7 Å². The van der Waals surface area contributed by atoms with Crippen molar-refractivity contribution < 1.29 is 9.53 Å². The van der Waals surface area contributed by atoms with Crippen LogP contribution in [0.1, 0.15) is 11.3 Å². The van der Waals surface area contributed by atoms with Crippen molar-refractivity contribution in [3.05, 3.63) is 51.2 Å². The SMILES string of the molecule is Cc1cc(Cl)ccc1OCC(=O)N/N=C\c1c(Cl)nc2sccn12. The number of hydrazone groups is 1. The van der Waals surface area contributed by atoms with E-state index in [1.165, 1.54) is 17.6 Å². The van der Waals surface area contributed by atoms with Crippen molar-refractivity contribution >= 4 is 51.6 Å². The normalized spacial score (nSPS) is 11.3. The number of fused-ring (bicyclic) bond motifs is 1. The third-order valence-electron chi connectivity index (χ3n) is 3.13. The van der Waals surface area contributed by atoms with Gasteiger partial charge in [-0.05, 0) is 30.7 Å². The number of halogens is 2. The van der Waals surface area contributed by atoms with Crippen LogP contribution in [-0.2, 0) is 4.79 Å². The fraction of sp³-hybridized carbons (Fsp3) is 0.133. The first-order chi connectivity index (χ1) is 11.5. The summed E-state index contributed by atoms with van der Waals surface area (Å²) in [5, 5.41) is 6.72. The molecule has 1 amide bonds. The van der Waals surface area contributed by atoms with Gasteiger partial charge in [0.1, 0.15) is 11.4 Å². The molecule has 3 aromatic rings. The predicted molar refractivity (Wildman–Crippen MR) is 95.5 cm³/mol. The Morgan fingerprint density at radius 1 is 1.50 bits per heavy atom. The topological polar surface area (TPSA) is 68.0 Å². The lowest BCUT2D eigenvalue weighted by molar-refractivity contribution is -0.123. The van der Waals surface area contributed by atoms with Gasteiger partial charge in [-0.25, -0.2) is 10.4 Å². The highest BCUT2D eigenvalue weighted by Gasteiger charge is 2.09. The molecular formula is C15H12Cl2N4O2S. The van der Waals surface area contributed by atoms with E-state index < -0.39 is 0 Å². The number of imidazole rings is 1. The van der Waals surface area contributed by atoms with Crippen molar-refractivity contribution in [2.24, 2.45) is 5.10 Å². The molecule has 0 fully saturated rings. The summed E-state index contributed by atoms with van der Waals surface area (Å²) in [7, 11) is 0. The van der Waals surface area contributed by atoms with Crippen molar-refractivity contribution in [1.29, 1.82) is 0 Å². The van der Waals surface area contributed by atoms with Gasteiger partial charge in [-0.15, -0.1) is 11.3 Å². The third-order valence-corrected chi connectivity index (χ3v) is 4.40. The van der Waals surface area contributed by atoms with Crippen LogP contribution in [0.15, 0.2) is 34.9 Å². The number of benzene rings is 1. The Bertz CT molecular complexity index is 919. The van der Waals surface area contributed by atoms with Gasteiger partial charge in [0.05, 0.1) is 6.21 Å². The standard InChI is InChI=1S/C15H12Cl2N4O2S/c1-9-6-10(16)2-3-12(9)23-8-13(22)20-18-7-11-14(17)19-15-21(11)4-5-24-15/h2-7H,8H2,1H3,(H,20,22)/b18-7-. The predicted octanol–water partition coefficient (Wildman–Crippen LogP) is 3.54. The summed E-state index contributed by atoms with van der Waals surface area (Å²) in [6.07, 6.45) is 3.27. The molecule has 1 aromatic carbocycles. The Kier molecular flexibility index (Phi) is 5.03. The van der Waals surface area contributed by atoms with Gasteiger partial charge < -0.3 is 4.74 Å². The van der Waals surface area contributed by atoms with Crippen LogP contribution in [0.25, 0.3) is 4.96 Å². The molecule has 2 aromatic heterocycles. The number of nitrogens with zero attached hydrogens (tertiary/aromatic N) is 3. The Hall–Kier alpha value is -2.09. The van der Waals surface area contributed by atoms with E-state index in [2.05, 4.69) is 15.5 Å². The lowest BCUT2D eigenvalue weighted by Crippen LogP contribution is -2.24. The van der Waals surface area contributed by atoms with Gasteiger partial charge >= 0.3 is 0 Å². The van der Waals surface area contributed by atoms with Crippen LogP contribution in [0.5, 0.6) is 5.75 Å². The van der Waals surface area contributed by atoms with Crippen LogP contribution in [0, 0.1) is 6.92 Å². The smallest absolute Gasteiger partial charge is 0.277 e. The molecule has 0 saturated heterocycles. The monoisotopic (exact) mass is 382 g/mol. The molecule has 1 N–H and O–H groups in total. The second kappa shape index (κ2) is 7.21. The molecular weight excluding hydrogens is 371 g/mol. The number of aryl methyl sites for hydroxylation is 1. The summed E-state index contributed by atoms with van der Waals surface area (Å²) >= 11 is 13.4. The number of carbonyl (C=O) groups excluding carboxylic acids is 1. The van der Waals surface area contributed by atoms with E-state index >= 15 is 0 Å². The van der Waals surface area contributed by atoms with Gasteiger partial charge in [-0.2, -0.15) is 5.10 Å². The summed E-state index contributed by atoms with van der Waals surface area (Å²) in [6.45, 7) is 1.69. The van der Waals surface area contributed by atoms with E-state index in [0.717, 1.165) is 10.5 Å². The molecule has 124 valence electrons. The largest absolute Gasteiger partial charge is 0.483 e. The van der Waals surface area contributed by atoms with Crippen molar-refractivity contribution in [2.75, 3.05) is 6.61 Å². The van der Waals surface area contributed by atoms with Crippen LogP contribution in [0.2, 0.25) is 10.2 Å². The molecule has 0 radical (unpaired) electrons. The maximum absolute atomic E-state index is 11.8. The average Bonchev–Trinajstić information content (AvgIpc) is 3.08. The fourth-order valence-electron chi connectivity index (χ4n) is 2.01. The van der Waals surface area contributed by atoms with Crippen LogP contribution in [0.4, 0.5) is 0 Å². The molecule has 0 bridgehead atoms. The first-order valence-electron chi connectivity index (χ1n) is 6.86. The van der Waals surface area contributed by atoms with Gasteiger partial charge in [-0.3, -0.25) is 9.20 Å². The zero-order valence-electron chi connectivity index (χ0n) is 12.5. The molecule has 0 atom stereocenters. The summed E-state index contributed by atoms with van der Waals surface area (Å²) in [5.41, 5.74) is 3.84. The minimum atomic E-state index is -0.386. The van der Waals surface area contributed by atoms with Gasteiger partial charge in [0.2, 0.25) is 0 Å². The number of amides is 1. The number of ether oxygens (including phenoxy) is 1. The van der Waals surface area contributed by atoms with E-state index in [9.17, 15) is 4.79 Å². The van der Waals surface area contributed by atoms with Crippen LogP contribution >= 0.6 is 34.5 Å². The van der Waals surface area contributed by atoms with E-state index in [4.69, 9.17) is 27.9 Å². The summed E-state index contributed by atoms with van der Waals surface area (Å²) < 4.78 is 7.22. The number of rotatable bonds is 5. The third kappa shape index (κ3) is 3.69. The minimum absolute atomic E-state index is 0.159. The van der Waals surface area contributed by atoms with E-state index in [1.54, 1.807) is 22.6 Å². The van der Waals surface area contributed by atoms with Crippen molar-refractivity contribution in [3.8, 4) is 5.75 Å². The number of thiazole rings is 1. The second-order valence-corrected chi connectivity index (χ2v) is 6.50. The summed E-state index contributed by atoms with van der Waals surface area (Å²) in [6, 6.07) is 5.18. The van der Waals surface area contributed by atoms with E-state index in [0.29, 0.717) is 21.6 Å². The number of nitrogens with one attached hydrogen (secondary N) is 1.